The van der Waals surface area contributed by atoms with Crippen molar-refractivity contribution in [1.82, 2.24) is 14.9 Å². The zero-order valence-electron chi connectivity index (χ0n) is 18.0. The number of anilines is 1. The predicted molar refractivity (Wildman–Crippen MR) is 130 cm³/mol. The van der Waals surface area contributed by atoms with Gasteiger partial charge in [-0.1, -0.05) is 25.2 Å². The zero-order chi connectivity index (χ0) is 22.1. The molecule has 2 aromatic heterocycles. The topological polar surface area (TPSA) is 67.8 Å². The summed E-state index contributed by atoms with van der Waals surface area (Å²) >= 11 is 3.04. The van der Waals surface area contributed by atoms with Crippen LogP contribution in [0.15, 0.2) is 35.8 Å². The molecule has 0 saturated carbocycles. The van der Waals surface area contributed by atoms with E-state index in [0.29, 0.717) is 36.2 Å². The second-order valence-corrected chi connectivity index (χ2v) is 9.37. The average Bonchev–Trinajstić information content (AvgIpc) is 3.45. The van der Waals surface area contributed by atoms with Gasteiger partial charge in [-0.15, -0.1) is 11.3 Å². The van der Waals surface area contributed by atoms with Crippen molar-refractivity contribution in [2.45, 2.75) is 13.8 Å². The van der Waals surface area contributed by atoms with Crippen LogP contribution in [0.1, 0.15) is 24.2 Å². The minimum atomic E-state index is -0.0521. The summed E-state index contributed by atoms with van der Waals surface area (Å²) in [7, 11) is 0. The molecule has 0 unspecified atom stereocenters. The first-order valence-electron chi connectivity index (χ1n) is 10.7. The molecule has 166 valence electrons. The van der Waals surface area contributed by atoms with Crippen molar-refractivity contribution in [3.8, 4) is 11.5 Å². The average molecular weight is 469 g/mol. The summed E-state index contributed by atoms with van der Waals surface area (Å²) in [5.41, 5.74) is 4.17. The van der Waals surface area contributed by atoms with Gasteiger partial charge in [0, 0.05) is 30.8 Å². The largest absolute Gasteiger partial charge is 0.486 e. The number of carbonyl (C=O) groups excluding carboxylic acids is 1. The molecule has 32 heavy (non-hydrogen) atoms. The van der Waals surface area contributed by atoms with E-state index in [1.165, 1.54) is 22.7 Å². The van der Waals surface area contributed by atoms with Crippen molar-refractivity contribution in [2.75, 3.05) is 44.3 Å². The maximum absolute atomic E-state index is 13.6. The van der Waals surface area contributed by atoms with E-state index < -0.39 is 0 Å². The molecule has 0 aliphatic carbocycles. The Balaban J connectivity index is 1.51. The molecule has 0 bridgehead atoms. The third kappa shape index (κ3) is 4.03. The number of fused-ring (bicyclic) bond motifs is 3. The van der Waals surface area contributed by atoms with Crippen LogP contribution in [0.5, 0.6) is 11.5 Å². The number of hydrogen-bond donors (Lipinski definition) is 0. The molecule has 0 radical (unpaired) electrons. The summed E-state index contributed by atoms with van der Waals surface area (Å²) < 4.78 is 13.4. The highest BCUT2D eigenvalue weighted by atomic mass is 32.1. The Morgan fingerprint density at radius 1 is 1.00 bits per heavy atom. The van der Waals surface area contributed by atoms with E-state index in [9.17, 15) is 4.79 Å². The van der Waals surface area contributed by atoms with Gasteiger partial charge in [0.15, 0.2) is 16.6 Å². The van der Waals surface area contributed by atoms with Gasteiger partial charge in [-0.3, -0.25) is 9.69 Å². The van der Waals surface area contributed by atoms with Crippen molar-refractivity contribution < 1.29 is 14.3 Å². The highest BCUT2D eigenvalue weighted by Crippen LogP contribution is 2.39. The van der Waals surface area contributed by atoms with Crippen LogP contribution >= 0.6 is 22.7 Å². The lowest BCUT2D eigenvalue weighted by atomic mass is 10.2. The molecule has 9 heteroatoms. The normalized spacial score (nSPS) is 13.2. The van der Waals surface area contributed by atoms with E-state index in [2.05, 4.69) is 23.7 Å². The number of likely N-dealkylation sites (N-methyl/N-ethyl adjacent to an activating group) is 1. The van der Waals surface area contributed by atoms with Crippen molar-refractivity contribution in [1.29, 1.82) is 0 Å². The van der Waals surface area contributed by atoms with Gasteiger partial charge in [0.25, 0.3) is 5.91 Å². The van der Waals surface area contributed by atoms with Gasteiger partial charge < -0.3 is 14.4 Å². The Kier molecular flexibility index (Phi) is 5.95. The first-order chi connectivity index (χ1) is 15.7. The van der Waals surface area contributed by atoms with E-state index in [4.69, 9.17) is 14.5 Å². The van der Waals surface area contributed by atoms with Gasteiger partial charge in [0.05, 0.1) is 25.9 Å². The number of ether oxygens (including phenoxy) is 2. The maximum Gasteiger partial charge on any atom is 0.260 e. The minimum Gasteiger partial charge on any atom is -0.486 e. The Labute approximate surface area is 194 Å². The summed E-state index contributed by atoms with van der Waals surface area (Å²) in [5.74, 6) is 1.39. The first-order valence-corrected chi connectivity index (χ1v) is 12.4. The predicted octanol–water partition coefficient (Wildman–Crippen LogP) is 4.67. The molecule has 0 spiro atoms. The fourth-order valence-corrected chi connectivity index (χ4v) is 5.49. The van der Waals surface area contributed by atoms with Gasteiger partial charge in [0.2, 0.25) is 0 Å². The fourth-order valence-electron chi connectivity index (χ4n) is 3.78. The quantitative estimate of drug-likeness (QED) is 0.393. The standard InChI is InChI=1S/C23H24N4O3S2/c1-3-26(4-2)7-8-27(22(28)15-5-6-16-20(11-15)31-14-24-16)23-25-17-12-18-19(13-21(17)32-23)30-10-9-29-18/h5-6,11-14H,3-4,7-10H2,1-2H3. The molecule has 3 heterocycles. The van der Waals surface area contributed by atoms with Gasteiger partial charge in [-0.05, 0) is 31.3 Å². The molecule has 5 rings (SSSR count). The van der Waals surface area contributed by atoms with Gasteiger partial charge in [-0.2, -0.15) is 0 Å². The van der Waals surface area contributed by atoms with Crippen LogP contribution in [0.25, 0.3) is 20.4 Å². The Hall–Kier alpha value is -2.75. The van der Waals surface area contributed by atoms with E-state index in [-0.39, 0.29) is 5.91 Å². The van der Waals surface area contributed by atoms with E-state index >= 15 is 0 Å². The summed E-state index contributed by atoms with van der Waals surface area (Å²) in [6.45, 7) is 8.56. The Bertz CT molecular complexity index is 1220. The minimum absolute atomic E-state index is 0.0521. The molecule has 0 atom stereocenters. The molecule has 0 fully saturated rings. The molecule has 1 aliphatic heterocycles. The van der Waals surface area contributed by atoms with Crippen LogP contribution in [0.2, 0.25) is 0 Å². The van der Waals surface area contributed by atoms with E-state index in [0.717, 1.165) is 45.8 Å². The van der Waals surface area contributed by atoms with Crippen molar-refractivity contribution in [3.63, 3.8) is 0 Å². The van der Waals surface area contributed by atoms with E-state index in [1.54, 1.807) is 10.4 Å². The third-order valence-electron chi connectivity index (χ3n) is 5.63. The lowest BCUT2D eigenvalue weighted by Gasteiger charge is -2.24. The highest BCUT2D eigenvalue weighted by Gasteiger charge is 2.24. The van der Waals surface area contributed by atoms with Gasteiger partial charge in [0.1, 0.15) is 13.2 Å². The number of carbonyl (C=O) groups is 1. The van der Waals surface area contributed by atoms with Crippen LogP contribution in [0.3, 0.4) is 0 Å². The summed E-state index contributed by atoms with van der Waals surface area (Å²) in [6.07, 6.45) is 0. The van der Waals surface area contributed by atoms with Crippen LogP contribution < -0.4 is 14.4 Å². The van der Waals surface area contributed by atoms with Crippen LogP contribution in [-0.2, 0) is 0 Å². The summed E-state index contributed by atoms with van der Waals surface area (Å²) in [4.78, 5) is 26.9. The van der Waals surface area contributed by atoms with Crippen molar-refractivity contribution in [2.24, 2.45) is 0 Å². The van der Waals surface area contributed by atoms with Crippen LogP contribution in [0, 0.1) is 0 Å². The van der Waals surface area contributed by atoms with Crippen molar-refractivity contribution in [3.05, 3.63) is 41.4 Å². The Morgan fingerprint density at radius 2 is 1.78 bits per heavy atom. The molecule has 2 aromatic carbocycles. The lowest BCUT2D eigenvalue weighted by Crippen LogP contribution is -2.38. The molecule has 0 saturated heterocycles. The van der Waals surface area contributed by atoms with Gasteiger partial charge in [-0.25, -0.2) is 9.97 Å². The van der Waals surface area contributed by atoms with Crippen LogP contribution in [0.4, 0.5) is 5.13 Å². The number of thiazole rings is 2. The lowest BCUT2D eigenvalue weighted by molar-refractivity contribution is 0.0984. The van der Waals surface area contributed by atoms with Gasteiger partial charge >= 0.3 is 0 Å². The number of benzene rings is 2. The smallest absolute Gasteiger partial charge is 0.260 e. The second kappa shape index (κ2) is 9.01. The monoisotopic (exact) mass is 468 g/mol. The number of hydrogen-bond acceptors (Lipinski definition) is 8. The highest BCUT2D eigenvalue weighted by molar-refractivity contribution is 7.22. The second-order valence-electron chi connectivity index (χ2n) is 7.48. The number of rotatable bonds is 7. The Morgan fingerprint density at radius 3 is 2.56 bits per heavy atom. The molecule has 1 aliphatic rings. The molecule has 1 amide bonds. The first kappa shape index (κ1) is 21.1. The number of amides is 1. The third-order valence-corrected chi connectivity index (χ3v) is 7.46. The van der Waals surface area contributed by atoms with E-state index in [1.807, 2.05) is 30.3 Å². The molecule has 0 N–H and O–H groups in total. The fraction of sp³-hybridized carbons (Fsp3) is 0.348. The number of aromatic nitrogens is 2. The molecule has 7 nitrogen and oxygen atoms in total. The maximum atomic E-state index is 13.6. The molecular formula is C23H24N4O3S2. The van der Waals surface area contributed by atoms with Crippen LogP contribution in [-0.4, -0.2) is 60.2 Å². The molecule has 4 aromatic rings. The molecular weight excluding hydrogens is 444 g/mol. The number of nitrogens with zero attached hydrogens (tertiary/aromatic N) is 4. The SMILES string of the molecule is CCN(CC)CCN(C(=O)c1ccc2ncsc2c1)c1nc2cc3c(cc2s1)OCCO3. The van der Waals surface area contributed by atoms with Crippen molar-refractivity contribution >= 4 is 54.1 Å². The zero-order valence-corrected chi connectivity index (χ0v) is 19.7. The summed E-state index contributed by atoms with van der Waals surface area (Å²) in [5, 5.41) is 0.684. The summed E-state index contributed by atoms with van der Waals surface area (Å²) in [6, 6.07) is 9.54.